The minimum atomic E-state index is 0.381. The van der Waals surface area contributed by atoms with E-state index in [1.54, 1.807) is 12.4 Å². The van der Waals surface area contributed by atoms with Gasteiger partial charge in [0.05, 0.1) is 5.52 Å². The summed E-state index contributed by atoms with van der Waals surface area (Å²) in [4.78, 5) is 8.49. The fraction of sp³-hybridized carbons (Fsp3) is 0. The van der Waals surface area contributed by atoms with Gasteiger partial charge in [0.1, 0.15) is 16.4 Å². The summed E-state index contributed by atoms with van der Waals surface area (Å²) in [6.45, 7) is 0. The highest BCUT2D eigenvalue weighted by Gasteiger charge is 2.06. The van der Waals surface area contributed by atoms with E-state index in [0.717, 1.165) is 21.0 Å². The lowest BCUT2D eigenvalue weighted by Crippen LogP contribution is -1.89. The van der Waals surface area contributed by atoms with Gasteiger partial charge in [-0.2, -0.15) is 0 Å². The zero-order valence-corrected chi connectivity index (χ0v) is 10.7. The Bertz CT molecular complexity index is 682. The molecular weight excluding hydrogens is 268 g/mol. The van der Waals surface area contributed by atoms with Gasteiger partial charge in [-0.1, -0.05) is 29.8 Å². The highest BCUT2D eigenvalue weighted by Crippen LogP contribution is 2.29. The maximum Gasteiger partial charge on any atom is 0.151 e. The van der Waals surface area contributed by atoms with E-state index in [9.17, 15) is 0 Å². The lowest BCUT2D eigenvalue weighted by atomic mass is 10.2. The molecule has 0 amide bonds. The largest absolute Gasteiger partial charge is 0.236 e. The van der Waals surface area contributed by atoms with Crippen LogP contribution in [0.4, 0.5) is 0 Å². The Balaban J connectivity index is 2.02. The minimum absolute atomic E-state index is 0.381. The second kappa shape index (κ2) is 4.88. The van der Waals surface area contributed by atoms with Crippen molar-refractivity contribution in [3.63, 3.8) is 0 Å². The molecule has 0 bridgehead atoms. The number of halogens is 1. The van der Waals surface area contributed by atoms with Gasteiger partial charge >= 0.3 is 0 Å². The summed E-state index contributed by atoms with van der Waals surface area (Å²) in [6.07, 6.45) is 1.55. The fourth-order valence-electron chi connectivity index (χ4n) is 1.52. The highest BCUT2D eigenvalue weighted by molar-refractivity contribution is 7.99. The maximum absolute atomic E-state index is 5.70. The van der Waals surface area contributed by atoms with Crippen LogP contribution in [0.1, 0.15) is 0 Å². The minimum Gasteiger partial charge on any atom is -0.236 e. The molecule has 0 saturated heterocycles. The number of para-hydroxylation sites is 1. The zero-order valence-electron chi connectivity index (χ0n) is 9.12. The topological polar surface area (TPSA) is 51.6 Å². The second-order valence-corrected chi connectivity index (χ2v) is 4.89. The predicted molar refractivity (Wildman–Crippen MR) is 70.7 cm³/mol. The molecule has 3 rings (SSSR count). The molecule has 18 heavy (non-hydrogen) atoms. The Morgan fingerprint density at radius 3 is 2.67 bits per heavy atom. The van der Waals surface area contributed by atoms with Crippen LogP contribution in [-0.2, 0) is 0 Å². The molecule has 0 atom stereocenters. The molecule has 0 N–H and O–H groups in total. The Morgan fingerprint density at radius 2 is 1.83 bits per heavy atom. The number of hydrogen-bond acceptors (Lipinski definition) is 5. The van der Waals surface area contributed by atoms with E-state index in [2.05, 4.69) is 20.2 Å². The van der Waals surface area contributed by atoms with Crippen LogP contribution in [-0.4, -0.2) is 20.2 Å². The third kappa shape index (κ3) is 2.27. The summed E-state index contributed by atoms with van der Waals surface area (Å²) < 4.78 is 0. The predicted octanol–water partition coefficient (Wildman–Crippen LogP) is 3.22. The van der Waals surface area contributed by atoms with E-state index in [1.165, 1.54) is 11.8 Å². The van der Waals surface area contributed by atoms with Gasteiger partial charge in [-0.15, -0.1) is 10.2 Å². The summed E-state index contributed by atoms with van der Waals surface area (Å²) in [5.74, 6) is 0. The van der Waals surface area contributed by atoms with Crippen molar-refractivity contribution in [2.24, 2.45) is 0 Å². The molecule has 0 saturated carbocycles. The third-order valence-corrected chi connectivity index (χ3v) is 3.46. The number of hydrogen-bond donors (Lipinski definition) is 0. The Hall–Kier alpha value is -1.72. The number of nitrogens with zero attached hydrogens (tertiary/aromatic N) is 4. The van der Waals surface area contributed by atoms with Crippen LogP contribution < -0.4 is 0 Å². The molecule has 0 aliphatic rings. The van der Waals surface area contributed by atoms with Crippen LogP contribution in [0.15, 0.2) is 52.8 Å². The van der Waals surface area contributed by atoms with Crippen LogP contribution >= 0.6 is 23.4 Å². The van der Waals surface area contributed by atoms with Crippen molar-refractivity contribution in [1.82, 2.24) is 20.2 Å². The normalized spacial score (nSPS) is 10.7. The molecule has 6 heteroatoms. The van der Waals surface area contributed by atoms with E-state index in [4.69, 9.17) is 11.6 Å². The molecule has 88 valence electrons. The maximum atomic E-state index is 5.70. The summed E-state index contributed by atoms with van der Waals surface area (Å²) in [6, 6.07) is 11.4. The standard InChI is InChI=1S/C12H7ClN4S/c13-10-5-6-11(17-16-10)18-12-8-3-1-2-4-9(8)14-7-15-12/h1-7H. The van der Waals surface area contributed by atoms with Gasteiger partial charge in [-0.3, -0.25) is 0 Å². The molecule has 1 aromatic carbocycles. The summed E-state index contributed by atoms with van der Waals surface area (Å²) in [7, 11) is 0. The quantitative estimate of drug-likeness (QED) is 0.672. The molecule has 0 fully saturated rings. The first kappa shape index (κ1) is 11.4. The second-order valence-electron chi connectivity index (χ2n) is 3.49. The molecular formula is C12H7ClN4S. The van der Waals surface area contributed by atoms with Gasteiger partial charge in [0.15, 0.2) is 5.15 Å². The van der Waals surface area contributed by atoms with Crippen LogP contribution in [0.2, 0.25) is 5.15 Å². The average molecular weight is 275 g/mol. The Morgan fingerprint density at radius 1 is 0.944 bits per heavy atom. The zero-order chi connectivity index (χ0) is 12.4. The van der Waals surface area contributed by atoms with Crippen molar-refractivity contribution < 1.29 is 0 Å². The molecule has 0 aliphatic carbocycles. The van der Waals surface area contributed by atoms with Crippen LogP contribution in [0.5, 0.6) is 0 Å². The van der Waals surface area contributed by atoms with Crippen molar-refractivity contribution in [1.29, 1.82) is 0 Å². The first-order chi connectivity index (χ1) is 8.83. The first-order valence-corrected chi connectivity index (χ1v) is 6.39. The Labute approximate surface area is 112 Å². The smallest absolute Gasteiger partial charge is 0.151 e. The number of fused-ring (bicyclic) bond motifs is 1. The van der Waals surface area contributed by atoms with E-state index in [0.29, 0.717) is 5.15 Å². The number of benzene rings is 1. The summed E-state index contributed by atoms with van der Waals surface area (Å²) >= 11 is 7.14. The molecule has 2 aromatic heterocycles. The molecule has 0 spiro atoms. The lowest BCUT2D eigenvalue weighted by Gasteiger charge is -2.03. The van der Waals surface area contributed by atoms with Crippen molar-refractivity contribution in [2.75, 3.05) is 0 Å². The fourth-order valence-corrected chi connectivity index (χ4v) is 2.42. The monoisotopic (exact) mass is 274 g/mol. The Kier molecular flexibility index (Phi) is 3.08. The molecule has 0 aliphatic heterocycles. The van der Waals surface area contributed by atoms with E-state index >= 15 is 0 Å². The first-order valence-electron chi connectivity index (χ1n) is 5.20. The molecule has 4 nitrogen and oxygen atoms in total. The number of rotatable bonds is 2. The van der Waals surface area contributed by atoms with E-state index < -0.39 is 0 Å². The van der Waals surface area contributed by atoms with Gasteiger partial charge in [-0.25, -0.2) is 9.97 Å². The molecule has 0 unspecified atom stereocenters. The lowest BCUT2D eigenvalue weighted by molar-refractivity contribution is 0.927. The van der Waals surface area contributed by atoms with Crippen molar-refractivity contribution in [2.45, 2.75) is 10.1 Å². The molecule has 0 radical (unpaired) electrons. The van der Waals surface area contributed by atoms with Crippen molar-refractivity contribution in [3.05, 3.63) is 47.9 Å². The third-order valence-electron chi connectivity index (χ3n) is 2.32. The SMILES string of the molecule is Clc1ccc(Sc2ncnc3ccccc23)nn1. The summed E-state index contributed by atoms with van der Waals surface area (Å²) in [5, 5.41) is 10.8. The van der Waals surface area contributed by atoms with Crippen LogP contribution in [0.25, 0.3) is 10.9 Å². The number of aromatic nitrogens is 4. The van der Waals surface area contributed by atoms with Crippen LogP contribution in [0, 0.1) is 0 Å². The molecule has 2 heterocycles. The van der Waals surface area contributed by atoms with E-state index in [-0.39, 0.29) is 0 Å². The van der Waals surface area contributed by atoms with E-state index in [1.807, 2.05) is 30.3 Å². The van der Waals surface area contributed by atoms with Gasteiger partial charge in [-0.05, 0) is 30.0 Å². The van der Waals surface area contributed by atoms with Gasteiger partial charge < -0.3 is 0 Å². The van der Waals surface area contributed by atoms with Crippen molar-refractivity contribution >= 4 is 34.3 Å². The summed E-state index contributed by atoms with van der Waals surface area (Å²) in [5.41, 5.74) is 0.914. The molecule has 3 aromatic rings. The van der Waals surface area contributed by atoms with Gasteiger partial charge in [0.2, 0.25) is 0 Å². The van der Waals surface area contributed by atoms with Gasteiger partial charge in [0.25, 0.3) is 0 Å². The average Bonchev–Trinajstić information content (AvgIpc) is 2.42. The van der Waals surface area contributed by atoms with Gasteiger partial charge in [0, 0.05) is 5.39 Å². The van der Waals surface area contributed by atoms with Crippen LogP contribution in [0.3, 0.4) is 0 Å². The highest BCUT2D eigenvalue weighted by atomic mass is 35.5. The van der Waals surface area contributed by atoms with Crippen molar-refractivity contribution in [3.8, 4) is 0 Å².